The van der Waals surface area contributed by atoms with Crippen LogP contribution in [0.15, 0.2) is 18.2 Å². The van der Waals surface area contributed by atoms with Crippen molar-refractivity contribution in [2.75, 3.05) is 24.4 Å². The van der Waals surface area contributed by atoms with E-state index in [1.54, 1.807) is 7.11 Å². The van der Waals surface area contributed by atoms with Crippen LogP contribution in [-0.4, -0.2) is 25.7 Å². The van der Waals surface area contributed by atoms with Gasteiger partial charge in [0.1, 0.15) is 0 Å². The Kier molecular flexibility index (Phi) is 6.36. The van der Waals surface area contributed by atoms with Crippen molar-refractivity contribution in [3.05, 3.63) is 23.8 Å². The molecule has 106 valence electrons. The minimum atomic E-state index is 0.0298. The molecule has 1 aromatic carbocycles. The smallest absolute Gasteiger partial charge is 0.224 e. The van der Waals surface area contributed by atoms with Crippen molar-refractivity contribution >= 4 is 17.3 Å². The van der Waals surface area contributed by atoms with Crippen LogP contribution in [0, 0.1) is 6.92 Å². The van der Waals surface area contributed by atoms with E-state index in [1.807, 2.05) is 25.1 Å². The molecule has 0 saturated heterocycles. The quantitative estimate of drug-likeness (QED) is 0.795. The lowest BCUT2D eigenvalue weighted by Crippen LogP contribution is -2.18. The fourth-order valence-electron chi connectivity index (χ4n) is 1.74. The second kappa shape index (κ2) is 7.79. The Morgan fingerprint density at radius 1 is 1.42 bits per heavy atom. The summed E-state index contributed by atoms with van der Waals surface area (Å²) >= 11 is 0. The highest BCUT2D eigenvalue weighted by Gasteiger charge is 2.06. The van der Waals surface area contributed by atoms with E-state index in [0.717, 1.165) is 24.4 Å². The maximum atomic E-state index is 11.4. The van der Waals surface area contributed by atoms with Crippen LogP contribution in [-0.2, 0) is 9.53 Å². The van der Waals surface area contributed by atoms with Crippen molar-refractivity contribution in [2.45, 2.75) is 39.7 Å². The Balaban J connectivity index is 2.71. The summed E-state index contributed by atoms with van der Waals surface area (Å²) < 4.78 is 5.07. The molecule has 0 aliphatic carbocycles. The van der Waals surface area contributed by atoms with Crippen LogP contribution >= 0.6 is 0 Å². The highest BCUT2D eigenvalue weighted by molar-refractivity contribution is 5.91. The van der Waals surface area contributed by atoms with Crippen molar-refractivity contribution in [3.63, 3.8) is 0 Å². The highest BCUT2D eigenvalue weighted by Crippen LogP contribution is 2.21. The van der Waals surface area contributed by atoms with Gasteiger partial charge in [0.2, 0.25) is 5.91 Å². The summed E-state index contributed by atoms with van der Waals surface area (Å²) in [6.45, 7) is 6.75. The summed E-state index contributed by atoms with van der Waals surface area (Å²) in [5.74, 6) is 0.0298. The van der Waals surface area contributed by atoms with E-state index in [-0.39, 0.29) is 5.91 Å². The second-order valence-electron chi connectivity index (χ2n) is 4.76. The minimum Gasteiger partial charge on any atom is -0.385 e. The fourth-order valence-corrected chi connectivity index (χ4v) is 1.74. The molecule has 1 unspecified atom stereocenters. The van der Waals surface area contributed by atoms with Gasteiger partial charge in [-0.15, -0.1) is 0 Å². The van der Waals surface area contributed by atoms with Crippen molar-refractivity contribution in [1.29, 1.82) is 0 Å². The molecule has 0 fully saturated rings. The molecule has 1 rings (SSSR count). The molecule has 0 aliphatic heterocycles. The van der Waals surface area contributed by atoms with Gasteiger partial charge in [-0.25, -0.2) is 0 Å². The predicted molar refractivity (Wildman–Crippen MR) is 79.7 cm³/mol. The van der Waals surface area contributed by atoms with Gasteiger partial charge in [0, 0.05) is 37.6 Å². The zero-order chi connectivity index (χ0) is 14.3. The molecule has 1 aromatic rings. The molecule has 0 heterocycles. The average Bonchev–Trinajstić information content (AvgIpc) is 2.40. The number of hydrogen-bond donors (Lipinski definition) is 2. The Morgan fingerprint density at radius 3 is 2.79 bits per heavy atom. The van der Waals surface area contributed by atoms with Crippen molar-refractivity contribution in [1.82, 2.24) is 0 Å². The predicted octanol–water partition coefficient (Wildman–Crippen LogP) is 3.18. The van der Waals surface area contributed by atoms with Crippen LogP contribution in [0.2, 0.25) is 0 Å². The number of aryl methyl sites for hydroxylation is 1. The van der Waals surface area contributed by atoms with E-state index in [9.17, 15) is 4.79 Å². The number of rotatable bonds is 7. The lowest BCUT2D eigenvalue weighted by Gasteiger charge is -2.17. The van der Waals surface area contributed by atoms with Gasteiger partial charge in [0.25, 0.3) is 0 Å². The molecule has 1 amide bonds. The van der Waals surface area contributed by atoms with Gasteiger partial charge in [-0.3, -0.25) is 4.79 Å². The van der Waals surface area contributed by atoms with E-state index in [0.29, 0.717) is 12.5 Å². The topological polar surface area (TPSA) is 50.4 Å². The molecule has 0 radical (unpaired) electrons. The SMILES string of the molecule is CCC(=O)Nc1ccc(C)c(NC(C)CCOC)c1. The van der Waals surface area contributed by atoms with Gasteiger partial charge >= 0.3 is 0 Å². The Morgan fingerprint density at radius 2 is 2.16 bits per heavy atom. The first-order valence-corrected chi connectivity index (χ1v) is 6.72. The summed E-state index contributed by atoms with van der Waals surface area (Å²) in [5, 5.41) is 6.32. The Bertz CT molecular complexity index is 419. The third-order valence-corrected chi connectivity index (χ3v) is 3.00. The molecule has 0 aliphatic rings. The molecule has 4 nitrogen and oxygen atoms in total. The van der Waals surface area contributed by atoms with Crippen LogP contribution in [0.25, 0.3) is 0 Å². The van der Waals surface area contributed by atoms with Gasteiger partial charge in [-0.05, 0) is 38.0 Å². The van der Waals surface area contributed by atoms with Gasteiger partial charge in [0.05, 0.1) is 0 Å². The first-order chi connectivity index (χ1) is 9.06. The van der Waals surface area contributed by atoms with Gasteiger partial charge in [-0.2, -0.15) is 0 Å². The third-order valence-electron chi connectivity index (χ3n) is 3.00. The number of anilines is 2. The number of nitrogens with one attached hydrogen (secondary N) is 2. The number of carbonyl (C=O) groups excluding carboxylic acids is 1. The lowest BCUT2D eigenvalue weighted by atomic mass is 10.1. The molecular weight excluding hydrogens is 240 g/mol. The molecule has 2 N–H and O–H groups in total. The number of benzene rings is 1. The van der Waals surface area contributed by atoms with Gasteiger partial charge in [-0.1, -0.05) is 13.0 Å². The molecule has 0 bridgehead atoms. The molecule has 4 heteroatoms. The maximum Gasteiger partial charge on any atom is 0.224 e. The first-order valence-electron chi connectivity index (χ1n) is 6.72. The summed E-state index contributed by atoms with van der Waals surface area (Å²) in [4.78, 5) is 11.4. The molecule has 0 saturated carbocycles. The standard InChI is InChI=1S/C15H24N2O2/c1-5-15(18)17-13-7-6-11(2)14(10-13)16-12(3)8-9-19-4/h6-7,10,12,16H,5,8-9H2,1-4H3,(H,17,18). The summed E-state index contributed by atoms with van der Waals surface area (Å²) in [7, 11) is 1.71. The van der Waals surface area contributed by atoms with Crippen LogP contribution in [0.3, 0.4) is 0 Å². The van der Waals surface area contributed by atoms with Crippen LogP contribution < -0.4 is 10.6 Å². The summed E-state index contributed by atoms with van der Waals surface area (Å²) in [6, 6.07) is 6.24. The van der Waals surface area contributed by atoms with Crippen molar-refractivity contribution < 1.29 is 9.53 Å². The molecular formula is C15H24N2O2. The van der Waals surface area contributed by atoms with Gasteiger partial charge in [0.15, 0.2) is 0 Å². The number of methoxy groups -OCH3 is 1. The fraction of sp³-hybridized carbons (Fsp3) is 0.533. The number of hydrogen-bond acceptors (Lipinski definition) is 3. The monoisotopic (exact) mass is 264 g/mol. The molecule has 0 spiro atoms. The van der Waals surface area contributed by atoms with E-state index in [1.165, 1.54) is 5.56 Å². The van der Waals surface area contributed by atoms with Crippen molar-refractivity contribution in [3.8, 4) is 0 Å². The lowest BCUT2D eigenvalue weighted by molar-refractivity contribution is -0.115. The zero-order valence-electron chi connectivity index (χ0n) is 12.2. The van der Waals surface area contributed by atoms with Crippen LogP contribution in [0.1, 0.15) is 32.3 Å². The van der Waals surface area contributed by atoms with E-state index in [2.05, 4.69) is 24.5 Å². The molecule has 0 aromatic heterocycles. The molecule has 19 heavy (non-hydrogen) atoms. The van der Waals surface area contributed by atoms with Crippen molar-refractivity contribution in [2.24, 2.45) is 0 Å². The first kappa shape index (κ1) is 15.5. The van der Waals surface area contributed by atoms with E-state index >= 15 is 0 Å². The Hall–Kier alpha value is -1.55. The minimum absolute atomic E-state index is 0.0298. The molecule has 1 atom stereocenters. The number of amides is 1. The highest BCUT2D eigenvalue weighted by atomic mass is 16.5. The second-order valence-corrected chi connectivity index (χ2v) is 4.76. The van der Waals surface area contributed by atoms with Crippen LogP contribution in [0.5, 0.6) is 0 Å². The maximum absolute atomic E-state index is 11.4. The van der Waals surface area contributed by atoms with E-state index < -0.39 is 0 Å². The Labute approximate surface area is 115 Å². The summed E-state index contributed by atoms with van der Waals surface area (Å²) in [5.41, 5.74) is 3.05. The van der Waals surface area contributed by atoms with E-state index in [4.69, 9.17) is 4.74 Å². The zero-order valence-corrected chi connectivity index (χ0v) is 12.2. The number of ether oxygens (including phenoxy) is 1. The summed E-state index contributed by atoms with van der Waals surface area (Å²) in [6.07, 6.45) is 1.43. The third kappa shape index (κ3) is 5.30. The average molecular weight is 264 g/mol. The van der Waals surface area contributed by atoms with Gasteiger partial charge < -0.3 is 15.4 Å². The largest absolute Gasteiger partial charge is 0.385 e. The number of carbonyl (C=O) groups is 1. The van der Waals surface area contributed by atoms with Crippen LogP contribution in [0.4, 0.5) is 11.4 Å². The normalized spacial score (nSPS) is 12.0.